The standard InChI is InChI=1S/C13H8Cl3NO3/c14-7-8-1-3-12(10(16)5-8)20-13-4-2-9(15)6-11(13)17(18)19/h1-6H,7H2. The molecule has 4 nitrogen and oxygen atoms in total. The van der Waals surface area contributed by atoms with Gasteiger partial charge in [-0.3, -0.25) is 10.1 Å². The minimum absolute atomic E-state index is 0.0694. The lowest BCUT2D eigenvalue weighted by Crippen LogP contribution is -1.94. The molecule has 0 saturated heterocycles. The quantitative estimate of drug-likeness (QED) is 0.426. The number of nitrogens with zero attached hydrogens (tertiary/aromatic N) is 1. The van der Waals surface area contributed by atoms with Crippen molar-refractivity contribution >= 4 is 40.5 Å². The van der Waals surface area contributed by atoms with Gasteiger partial charge in [0, 0.05) is 17.0 Å². The second kappa shape index (κ2) is 6.31. The van der Waals surface area contributed by atoms with Crippen LogP contribution in [-0.2, 0) is 5.88 Å². The Hall–Kier alpha value is -1.49. The number of hydrogen-bond donors (Lipinski definition) is 0. The molecule has 0 bridgehead atoms. The minimum Gasteiger partial charge on any atom is -0.449 e. The molecule has 0 N–H and O–H groups in total. The average Bonchev–Trinajstić information content (AvgIpc) is 2.42. The maximum atomic E-state index is 11.0. The summed E-state index contributed by atoms with van der Waals surface area (Å²) in [4.78, 5) is 10.4. The Kier molecular flexibility index (Phi) is 4.70. The highest BCUT2D eigenvalue weighted by Crippen LogP contribution is 2.36. The van der Waals surface area contributed by atoms with Crippen molar-refractivity contribution in [2.24, 2.45) is 0 Å². The molecular weight excluding hydrogens is 325 g/mol. The zero-order valence-electron chi connectivity index (χ0n) is 9.98. The summed E-state index contributed by atoms with van der Waals surface area (Å²) in [6.07, 6.45) is 0. The van der Waals surface area contributed by atoms with Crippen molar-refractivity contribution in [3.63, 3.8) is 0 Å². The first-order valence-corrected chi connectivity index (χ1v) is 6.76. The first-order valence-electron chi connectivity index (χ1n) is 5.47. The van der Waals surface area contributed by atoms with E-state index in [1.807, 2.05) is 0 Å². The van der Waals surface area contributed by atoms with Crippen molar-refractivity contribution < 1.29 is 9.66 Å². The van der Waals surface area contributed by atoms with Crippen LogP contribution in [0, 0.1) is 10.1 Å². The first kappa shape index (κ1) is 14.9. The Morgan fingerprint density at radius 2 is 1.80 bits per heavy atom. The van der Waals surface area contributed by atoms with E-state index in [1.54, 1.807) is 18.2 Å². The summed E-state index contributed by atoms with van der Waals surface area (Å²) in [5, 5.41) is 11.5. The maximum absolute atomic E-state index is 11.0. The van der Waals surface area contributed by atoms with Gasteiger partial charge in [0.25, 0.3) is 0 Å². The third kappa shape index (κ3) is 3.33. The Balaban J connectivity index is 2.37. The molecule has 0 saturated carbocycles. The van der Waals surface area contributed by atoms with Crippen molar-refractivity contribution in [3.8, 4) is 11.5 Å². The summed E-state index contributed by atoms with van der Waals surface area (Å²) >= 11 is 17.5. The second-order valence-corrected chi connectivity index (χ2v) is 4.98. The summed E-state index contributed by atoms with van der Waals surface area (Å²) in [6.45, 7) is 0. The average molecular weight is 333 g/mol. The highest BCUT2D eigenvalue weighted by molar-refractivity contribution is 6.32. The molecule has 0 unspecified atom stereocenters. The number of benzene rings is 2. The summed E-state index contributed by atoms with van der Waals surface area (Å²) in [5.41, 5.74) is 0.601. The van der Waals surface area contributed by atoms with Gasteiger partial charge in [0.1, 0.15) is 5.75 Å². The van der Waals surface area contributed by atoms with E-state index in [2.05, 4.69) is 0 Å². The van der Waals surface area contributed by atoms with Crippen LogP contribution in [0.4, 0.5) is 5.69 Å². The molecular formula is C13H8Cl3NO3. The zero-order valence-corrected chi connectivity index (χ0v) is 12.2. The van der Waals surface area contributed by atoms with Crippen LogP contribution in [0.1, 0.15) is 5.56 Å². The monoisotopic (exact) mass is 331 g/mol. The lowest BCUT2D eigenvalue weighted by Gasteiger charge is -2.09. The van der Waals surface area contributed by atoms with Gasteiger partial charge in [0.2, 0.25) is 5.75 Å². The van der Waals surface area contributed by atoms with Gasteiger partial charge in [-0.2, -0.15) is 0 Å². The molecule has 0 amide bonds. The normalized spacial score (nSPS) is 10.3. The molecule has 0 fully saturated rings. The zero-order chi connectivity index (χ0) is 14.7. The molecule has 2 aromatic carbocycles. The number of alkyl halides is 1. The van der Waals surface area contributed by atoms with Crippen molar-refractivity contribution in [2.45, 2.75) is 5.88 Å². The van der Waals surface area contributed by atoms with Gasteiger partial charge < -0.3 is 4.74 Å². The van der Waals surface area contributed by atoms with Gasteiger partial charge in [0.05, 0.1) is 9.95 Å². The molecule has 0 radical (unpaired) electrons. The minimum atomic E-state index is -0.567. The van der Waals surface area contributed by atoms with Gasteiger partial charge in [0.15, 0.2) is 0 Å². The van der Waals surface area contributed by atoms with Gasteiger partial charge >= 0.3 is 5.69 Å². The topological polar surface area (TPSA) is 52.4 Å². The smallest absolute Gasteiger partial charge is 0.313 e. The largest absolute Gasteiger partial charge is 0.449 e. The van der Waals surface area contributed by atoms with E-state index in [0.29, 0.717) is 16.7 Å². The molecule has 0 spiro atoms. The Morgan fingerprint density at radius 1 is 1.10 bits per heavy atom. The van der Waals surface area contributed by atoms with Crippen molar-refractivity contribution in [1.82, 2.24) is 0 Å². The van der Waals surface area contributed by atoms with Crippen LogP contribution < -0.4 is 4.74 Å². The summed E-state index contributed by atoms with van der Waals surface area (Å²) < 4.78 is 5.48. The Labute approximate surface area is 130 Å². The van der Waals surface area contributed by atoms with E-state index in [0.717, 1.165) is 5.56 Å². The van der Waals surface area contributed by atoms with Crippen molar-refractivity contribution in [1.29, 1.82) is 0 Å². The van der Waals surface area contributed by atoms with E-state index in [9.17, 15) is 10.1 Å². The van der Waals surface area contributed by atoms with Gasteiger partial charge in [-0.25, -0.2) is 0 Å². The van der Waals surface area contributed by atoms with E-state index in [-0.39, 0.29) is 16.5 Å². The molecule has 2 rings (SSSR count). The lowest BCUT2D eigenvalue weighted by molar-refractivity contribution is -0.385. The number of halogens is 3. The fourth-order valence-corrected chi connectivity index (χ4v) is 2.12. The number of nitro groups is 1. The van der Waals surface area contributed by atoms with E-state index < -0.39 is 4.92 Å². The molecule has 0 aliphatic heterocycles. The molecule has 0 atom stereocenters. The van der Waals surface area contributed by atoms with Gasteiger partial charge in [-0.05, 0) is 29.8 Å². The van der Waals surface area contributed by atoms with Crippen LogP contribution in [0.5, 0.6) is 11.5 Å². The van der Waals surface area contributed by atoms with Crippen molar-refractivity contribution in [3.05, 3.63) is 62.1 Å². The highest BCUT2D eigenvalue weighted by atomic mass is 35.5. The SMILES string of the molecule is O=[N+]([O-])c1cc(Cl)ccc1Oc1ccc(CCl)cc1Cl. The number of rotatable bonds is 4. The van der Waals surface area contributed by atoms with Crippen LogP contribution in [0.3, 0.4) is 0 Å². The number of hydrogen-bond acceptors (Lipinski definition) is 3. The van der Waals surface area contributed by atoms with Crippen LogP contribution in [0.2, 0.25) is 10.0 Å². The molecule has 104 valence electrons. The molecule has 7 heteroatoms. The van der Waals surface area contributed by atoms with Crippen LogP contribution in [-0.4, -0.2) is 4.92 Å². The van der Waals surface area contributed by atoms with Crippen molar-refractivity contribution in [2.75, 3.05) is 0 Å². The van der Waals surface area contributed by atoms with Gasteiger partial charge in [-0.1, -0.05) is 29.3 Å². The van der Waals surface area contributed by atoms with Crippen LogP contribution >= 0.6 is 34.8 Å². The molecule has 0 aliphatic rings. The second-order valence-electron chi connectivity index (χ2n) is 3.87. The summed E-state index contributed by atoms with van der Waals surface area (Å²) in [5.74, 6) is 0.701. The summed E-state index contributed by atoms with van der Waals surface area (Å²) in [6, 6.07) is 9.13. The molecule has 0 heterocycles. The third-order valence-corrected chi connectivity index (χ3v) is 3.33. The molecule has 0 aliphatic carbocycles. The maximum Gasteiger partial charge on any atom is 0.313 e. The van der Waals surface area contributed by atoms with E-state index >= 15 is 0 Å². The number of ether oxygens (including phenoxy) is 1. The fourth-order valence-electron chi connectivity index (χ4n) is 1.55. The molecule has 2 aromatic rings. The third-order valence-electron chi connectivity index (χ3n) is 2.49. The Bertz CT molecular complexity index is 661. The van der Waals surface area contributed by atoms with Gasteiger partial charge in [-0.15, -0.1) is 11.6 Å². The molecule has 0 aromatic heterocycles. The predicted molar refractivity (Wildman–Crippen MR) is 79.2 cm³/mol. The van der Waals surface area contributed by atoms with Crippen LogP contribution in [0.25, 0.3) is 0 Å². The first-order chi connectivity index (χ1) is 9.51. The fraction of sp³-hybridized carbons (Fsp3) is 0.0769. The number of nitro benzene ring substituents is 1. The predicted octanol–water partition coefficient (Wildman–Crippen LogP) is 5.43. The van der Waals surface area contributed by atoms with E-state index in [1.165, 1.54) is 18.2 Å². The lowest BCUT2D eigenvalue weighted by atomic mass is 10.2. The van der Waals surface area contributed by atoms with E-state index in [4.69, 9.17) is 39.5 Å². The van der Waals surface area contributed by atoms with Crippen LogP contribution in [0.15, 0.2) is 36.4 Å². The summed E-state index contributed by atoms with van der Waals surface area (Å²) in [7, 11) is 0. The molecule has 20 heavy (non-hydrogen) atoms. The highest BCUT2D eigenvalue weighted by Gasteiger charge is 2.17. The Morgan fingerprint density at radius 3 is 2.40 bits per heavy atom.